The Morgan fingerprint density at radius 3 is 2.43 bits per heavy atom. The average Bonchev–Trinajstić information content (AvgIpc) is 3.00. The normalized spacial score (nSPS) is 14.1. The maximum Gasteiger partial charge on any atom is 0.261 e. The lowest BCUT2D eigenvalue weighted by Gasteiger charge is -2.30. The van der Waals surface area contributed by atoms with Crippen LogP contribution in [0.25, 0.3) is 0 Å². The lowest BCUT2D eigenvalue weighted by Crippen LogP contribution is -2.38. The topological polar surface area (TPSA) is 79.0 Å². The highest BCUT2D eigenvalue weighted by Gasteiger charge is 2.33. The van der Waals surface area contributed by atoms with Gasteiger partial charge in [-0.25, -0.2) is 0 Å². The molecule has 0 fully saturated rings. The van der Waals surface area contributed by atoms with Crippen molar-refractivity contribution in [1.82, 2.24) is 15.1 Å². The molecule has 2 aromatic rings. The third-order valence-corrected chi connectivity index (χ3v) is 5.54. The molecule has 1 N–H and O–H groups in total. The first-order chi connectivity index (χ1) is 14.4. The first-order valence-electron chi connectivity index (χ1n) is 10.0. The highest BCUT2D eigenvalue weighted by Crippen LogP contribution is 2.25. The monoisotopic (exact) mass is 409 g/mol. The smallest absolute Gasteiger partial charge is 0.261 e. The molecule has 7 nitrogen and oxygen atoms in total. The van der Waals surface area contributed by atoms with Gasteiger partial charge in [0.15, 0.2) is 0 Å². The molecule has 3 rings (SSSR count). The fraction of sp³-hybridized carbons (Fsp3) is 0.348. The van der Waals surface area contributed by atoms with Gasteiger partial charge in [-0.15, -0.1) is 0 Å². The second-order valence-corrected chi connectivity index (χ2v) is 7.15. The van der Waals surface area contributed by atoms with Gasteiger partial charge in [0.2, 0.25) is 0 Å². The number of imide groups is 1. The summed E-state index contributed by atoms with van der Waals surface area (Å²) in [7, 11) is 3.07. The number of carbonyl (C=O) groups is 3. The molecule has 0 unspecified atom stereocenters. The Labute approximate surface area is 176 Å². The molecule has 1 atom stereocenters. The molecule has 30 heavy (non-hydrogen) atoms. The summed E-state index contributed by atoms with van der Waals surface area (Å²) < 4.78 is 5.35. The zero-order valence-corrected chi connectivity index (χ0v) is 17.8. The number of amides is 3. The summed E-state index contributed by atoms with van der Waals surface area (Å²) >= 11 is 0. The van der Waals surface area contributed by atoms with E-state index in [0.29, 0.717) is 17.7 Å². The van der Waals surface area contributed by atoms with Gasteiger partial charge in [-0.2, -0.15) is 0 Å². The van der Waals surface area contributed by atoms with Gasteiger partial charge in [-0.05, 0) is 49.0 Å². The van der Waals surface area contributed by atoms with Crippen molar-refractivity contribution in [3.8, 4) is 5.75 Å². The van der Waals surface area contributed by atoms with E-state index in [9.17, 15) is 14.4 Å². The summed E-state index contributed by atoms with van der Waals surface area (Å²) in [4.78, 5) is 40.4. The zero-order valence-electron chi connectivity index (χ0n) is 17.8. The van der Waals surface area contributed by atoms with Crippen LogP contribution >= 0.6 is 0 Å². The predicted molar refractivity (Wildman–Crippen MR) is 114 cm³/mol. The predicted octanol–water partition coefficient (Wildman–Crippen LogP) is 2.73. The van der Waals surface area contributed by atoms with E-state index in [4.69, 9.17) is 4.74 Å². The summed E-state index contributed by atoms with van der Waals surface area (Å²) in [6, 6.07) is 12.4. The van der Waals surface area contributed by atoms with Gasteiger partial charge in [-0.3, -0.25) is 24.2 Å². The number of carbonyl (C=O) groups excluding carboxylic acids is 3. The highest BCUT2D eigenvalue weighted by molar-refractivity contribution is 6.21. The molecule has 7 heteroatoms. The Kier molecular flexibility index (Phi) is 6.52. The molecule has 0 radical (unpaired) electrons. The van der Waals surface area contributed by atoms with E-state index in [1.54, 1.807) is 13.2 Å². The Morgan fingerprint density at radius 2 is 1.77 bits per heavy atom. The number of hydrogen-bond acceptors (Lipinski definition) is 5. The molecule has 3 amide bonds. The molecular formula is C23H27N3O4. The van der Waals surface area contributed by atoms with E-state index in [2.05, 4.69) is 24.1 Å². The van der Waals surface area contributed by atoms with E-state index in [1.807, 2.05) is 24.3 Å². The summed E-state index contributed by atoms with van der Waals surface area (Å²) in [5, 5.41) is 2.98. The SMILES string of the molecule is CCN(CC)[C@H](CNC(=O)c1ccc2c(c1)C(=O)N(C)C2=O)c1cccc(OC)c1. The van der Waals surface area contributed by atoms with Crippen molar-refractivity contribution in [2.24, 2.45) is 0 Å². The quantitative estimate of drug-likeness (QED) is 0.679. The van der Waals surface area contributed by atoms with Crippen LogP contribution in [-0.2, 0) is 0 Å². The molecule has 158 valence electrons. The molecule has 0 saturated heterocycles. The number of hydrogen-bond donors (Lipinski definition) is 1. The summed E-state index contributed by atoms with van der Waals surface area (Å²) in [6.45, 7) is 6.22. The molecule has 2 aromatic carbocycles. The summed E-state index contributed by atoms with van der Waals surface area (Å²) in [6.07, 6.45) is 0. The van der Waals surface area contributed by atoms with Crippen molar-refractivity contribution in [3.63, 3.8) is 0 Å². The van der Waals surface area contributed by atoms with Crippen molar-refractivity contribution in [1.29, 1.82) is 0 Å². The van der Waals surface area contributed by atoms with Crippen molar-refractivity contribution in [2.75, 3.05) is 33.8 Å². The molecular weight excluding hydrogens is 382 g/mol. The van der Waals surface area contributed by atoms with E-state index in [-0.39, 0.29) is 29.3 Å². The molecule has 0 aliphatic carbocycles. The van der Waals surface area contributed by atoms with Gasteiger partial charge in [0.1, 0.15) is 5.75 Å². The van der Waals surface area contributed by atoms with E-state index >= 15 is 0 Å². The standard InChI is InChI=1S/C23H27N3O4/c1-5-26(6-2)20(15-8-7-9-17(12-15)30-4)14-24-21(27)16-10-11-18-19(13-16)23(29)25(3)22(18)28/h7-13,20H,5-6,14H2,1-4H3,(H,24,27)/t20-/m1/s1. The number of methoxy groups -OCH3 is 1. The fourth-order valence-electron chi connectivity index (χ4n) is 3.76. The van der Waals surface area contributed by atoms with Gasteiger partial charge in [0, 0.05) is 19.2 Å². The summed E-state index contributed by atoms with van der Waals surface area (Å²) in [5.74, 6) is -0.252. The first-order valence-corrected chi connectivity index (χ1v) is 10.0. The van der Waals surface area contributed by atoms with Crippen molar-refractivity contribution in [3.05, 3.63) is 64.7 Å². The lowest BCUT2D eigenvalue weighted by molar-refractivity contribution is 0.0693. The molecule has 1 aliphatic rings. The second kappa shape index (κ2) is 9.09. The highest BCUT2D eigenvalue weighted by atomic mass is 16.5. The van der Waals surface area contributed by atoms with E-state index in [0.717, 1.165) is 29.3 Å². The first kappa shape index (κ1) is 21.5. The molecule has 1 heterocycles. The maximum absolute atomic E-state index is 12.8. The van der Waals surface area contributed by atoms with Gasteiger partial charge in [0.05, 0.1) is 24.3 Å². The number of rotatable bonds is 8. The Morgan fingerprint density at radius 1 is 1.07 bits per heavy atom. The third kappa shape index (κ3) is 4.07. The molecule has 0 spiro atoms. The van der Waals surface area contributed by atoms with Crippen molar-refractivity contribution in [2.45, 2.75) is 19.9 Å². The average molecular weight is 409 g/mol. The number of likely N-dealkylation sites (N-methyl/N-ethyl adjacent to an activating group) is 1. The maximum atomic E-state index is 12.8. The third-order valence-electron chi connectivity index (χ3n) is 5.54. The summed E-state index contributed by atoms with van der Waals surface area (Å²) in [5.41, 5.74) is 2.00. The van der Waals surface area contributed by atoms with Crippen molar-refractivity contribution < 1.29 is 19.1 Å². The molecule has 0 saturated carbocycles. The van der Waals surface area contributed by atoms with Crippen molar-refractivity contribution >= 4 is 17.7 Å². The fourth-order valence-corrected chi connectivity index (χ4v) is 3.76. The Hall–Kier alpha value is -3.19. The lowest BCUT2D eigenvalue weighted by atomic mass is 10.0. The van der Waals surface area contributed by atoms with Gasteiger partial charge >= 0.3 is 0 Å². The van der Waals surface area contributed by atoms with Crippen LogP contribution in [0.2, 0.25) is 0 Å². The number of ether oxygens (including phenoxy) is 1. The minimum atomic E-state index is -0.387. The van der Waals surface area contributed by atoms with E-state index < -0.39 is 0 Å². The second-order valence-electron chi connectivity index (χ2n) is 7.15. The molecule has 0 aromatic heterocycles. The number of fused-ring (bicyclic) bond motifs is 1. The Balaban J connectivity index is 1.80. The van der Waals surface area contributed by atoms with Crippen LogP contribution in [0, 0.1) is 0 Å². The van der Waals surface area contributed by atoms with Crippen LogP contribution in [0.5, 0.6) is 5.75 Å². The number of benzene rings is 2. The largest absolute Gasteiger partial charge is 0.497 e. The van der Waals surface area contributed by atoms with Crippen LogP contribution in [0.3, 0.4) is 0 Å². The van der Waals surface area contributed by atoms with Crippen LogP contribution in [-0.4, -0.2) is 61.3 Å². The van der Waals surface area contributed by atoms with E-state index in [1.165, 1.54) is 19.2 Å². The van der Waals surface area contributed by atoms with Crippen LogP contribution in [0.4, 0.5) is 0 Å². The minimum Gasteiger partial charge on any atom is -0.497 e. The number of nitrogens with zero attached hydrogens (tertiary/aromatic N) is 2. The van der Waals surface area contributed by atoms with Crippen LogP contribution < -0.4 is 10.1 Å². The van der Waals surface area contributed by atoms with Crippen LogP contribution in [0.1, 0.15) is 56.5 Å². The Bertz CT molecular complexity index is 969. The van der Waals surface area contributed by atoms with Gasteiger partial charge < -0.3 is 10.1 Å². The minimum absolute atomic E-state index is 0.0252. The zero-order chi connectivity index (χ0) is 21.8. The molecule has 1 aliphatic heterocycles. The molecule has 0 bridgehead atoms. The van der Waals surface area contributed by atoms with Crippen LogP contribution in [0.15, 0.2) is 42.5 Å². The van der Waals surface area contributed by atoms with Gasteiger partial charge in [-0.1, -0.05) is 26.0 Å². The van der Waals surface area contributed by atoms with Gasteiger partial charge in [0.25, 0.3) is 17.7 Å². The number of nitrogens with one attached hydrogen (secondary N) is 1.